The van der Waals surface area contributed by atoms with Crippen molar-refractivity contribution in [2.45, 2.75) is 39.3 Å². The topological polar surface area (TPSA) is 58.6 Å². The maximum atomic E-state index is 11.9. The molecule has 0 aromatic carbocycles. The zero-order valence-electron chi connectivity index (χ0n) is 10.2. The van der Waals surface area contributed by atoms with Gasteiger partial charge in [0.05, 0.1) is 6.10 Å². The van der Waals surface area contributed by atoms with Gasteiger partial charge >= 0.3 is 0 Å². The number of carbonyl (C=O) groups excluding carboxylic acids is 2. The summed E-state index contributed by atoms with van der Waals surface area (Å²) in [5, 5.41) is 2.66. The molecule has 5 nitrogen and oxygen atoms in total. The molecule has 5 heteroatoms. The Labute approximate surface area is 96.1 Å². The number of rotatable bonds is 4. The fourth-order valence-corrected chi connectivity index (χ4v) is 1.82. The van der Waals surface area contributed by atoms with Crippen LogP contribution in [0.4, 0.5) is 0 Å². The molecule has 0 spiro atoms. The summed E-state index contributed by atoms with van der Waals surface area (Å²) >= 11 is 0. The summed E-state index contributed by atoms with van der Waals surface area (Å²) in [6.07, 6.45) is 0.379. The zero-order chi connectivity index (χ0) is 12.1. The monoisotopic (exact) mass is 228 g/mol. The molecule has 0 aromatic rings. The summed E-state index contributed by atoms with van der Waals surface area (Å²) in [4.78, 5) is 24.9. The Morgan fingerprint density at radius 2 is 2.25 bits per heavy atom. The Kier molecular flexibility index (Phi) is 4.73. The smallest absolute Gasteiger partial charge is 0.244 e. The summed E-state index contributed by atoms with van der Waals surface area (Å²) < 4.78 is 5.40. The molecule has 1 aliphatic rings. The minimum atomic E-state index is -0.427. The average molecular weight is 228 g/mol. The van der Waals surface area contributed by atoms with Gasteiger partial charge in [-0.25, -0.2) is 0 Å². The van der Waals surface area contributed by atoms with E-state index >= 15 is 0 Å². The standard InChI is InChI=1S/C11H20N2O3/c1-4-16-8(2)7-13-6-5-10(14)12-9(3)11(13)15/h8-9H,4-7H2,1-3H3,(H,12,14). The van der Waals surface area contributed by atoms with E-state index in [1.54, 1.807) is 11.8 Å². The van der Waals surface area contributed by atoms with E-state index in [0.29, 0.717) is 26.1 Å². The van der Waals surface area contributed by atoms with Crippen LogP contribution in [0.25, 0.3) is 0 Å². The van der Waals surface area contributed by atoms with Gasteiger partial charge in [0.1, 0.15) is 6.04 Å². The van der Waals surface area contributed by atoms with Gasteiger partial charge in [-0.1, -0.05) is 0 Å². The van der Waals surface area contributed by atoms with Crippen LogP contribution in [-0.2, 0) is 14.3 Å². The fourth-order valence-electron chi connectivity index (χ4n) is 1.82. The molecular formula is C11H20N2O3. The molecule has 0 bridgehead atoms. The van der Waals surface area contributed by atoms with Crippen molar-refractivity contribution in [1.82, 2.24) is 10.2 Å². The van der Waals surface area contributed by atoms with Gasteiger partial charge in [0.15, 0.2) is 0 Å². The predicted molar refractivity (Wildman–Crippen MR) is 59.9 cm³/mol. The second-order valence-corrected chi connectivity index (χ2v) is 4.09. The molecule has 0 radical (unpaired) electrons. The first kappa shape index (κ1) is 13.0. The maximum Gasteiger partial charge on any atom is 0.244 e. The summed E-state index contributed by atoms with van der Waals surface area (Å²) in [7, 11) is 0. The zero-order valence-corrected chi connectivity index (χ0v) is 10.2. The highest BCUT2D eigenvalue weighted by Gasteiger charge is 2.27. The molecule has 0 saturated carbocycles. The van der Waals surface area contributed by atoms with E-state index in [2.05, 4.69) is 5.32 Å². The molecule has 2 amide bonds. The number of carbonyl (C=O) groups is 2. The van der Waals surface area contributed by atoms with Crippen molar-refractivity contribution in [2.75, 3.05) is 19.7 Å². The van der Waals surface area contributed by atoms with Crippen molar-refractivity contribution in [2.24, 2.45) is 0 Å². The second kappa shape index (κ2) is 5.84. The largest absolute Gasteiger partial charge is 0.377 e. The summed E-state index contributed by atoms with van der Waals surface area (Å²) in [6, 6.07) is -0.427. The highest BCUT2D eigenvalue weighted by Crippen LogP contribution is 2.05. The van der Waals surface area contributed by atoms with Crippen molar-refractivity contribution in [3.8, 4) is 0 Å². The third-order valence-electron chi connectivity index (χ3n) is 2.60. The highest BCUT2D eigenvalue weighted by molar-refractivity contribution is 5.89. The third kappa shape index (κ3) is 3.48. The van der Waals surface area contributed by atoms with Crippen LogP contribution in [0.5, 0.6) is 0 Å². The molecule has 1 aliphatic heterocycles. The lowest BCUT2D eigenvalue weighted by atomic mass is 10.2. The van der Waals surface area contributed by atoms with Gasteiger partial charge in [-0.3, -0.25) is 9.59 Å². The minimum Gasteiger partial charge on any atom is -0.377 e. The van der Waals surface area contributed by atoms with Crippen molar-refractivity contribution in [3.63, 3.8) is 0 Å². The number of nitrogens with zero attached hydrogens (tertiary/aromatic N) is 1. The Bertz CT molecular complexity index is 268. The summed E-state index contributed by atoms with van der Waals surface area (Å²) in [5.74, 6) is -0.0928. The van der Waals surface area contributed by atoms with E-state index in [1.807, 2.05) is 13.8 Å². The van der Waals surface area contributed by atoms with Crippen LogP contribution in [0, 0.1) is 0 Å². The van der Waals surface area contributed by atoms with Crippen LogP contribution in [-0.4, -0.2) is 48.6 Å². The van der Waals surface area contributed by atoms with E-state index in [1.165, 1.54) is 0 Å². The molecule has 1 N–H and O–H groups in total. The Morgan fingerprint density at radius 3 is 2.88 bits per heavy atom. The van der Waals surface area contributed by atoms with E-state index in [-0.39, 0.29) is 17.9 Å². The van der Waals surface area contributed by atoms with Gasteiger partial charge in [0.25, 0.3) is 0 Å². The number of hydrogen-bond acceptors (Lipinski definition) is 3. The van der Waals surface area contributed by atoms with Crippen molar-refractivity contribution in [3.05, 3.63) is 0 Å². The number of hydrogen-bond donors (Lipinski definition) is 1. The maximum absolute atomic E-state index is 11.9. The van der Waals surface area contributed by atoms with Crippen LogP contribution >= 0.6 is 0 Å². The molecule has 92 valence electrons. The van der Waals surface area contributed by atoms with E-state index < -0.39 is 6.04 Å². The van der Waals surface area contributed by atoms with Crippen molar-refractivity contribution in [1.29, 1.82) is 0 Å². The minimum absolute atomic E-state index is 0.00866. The van der Waals surface area contributed by atoms with Crippen LogP contribution in [0.2, 0.25) is 0 Å². The summed E-state index contributed by atoms with van der Waals surface area (Å²) in [5.41, 5.74) is 0. The van der Waals surface area contributed by atoms with Gasteiger partial charge in [0, 0.05) is 26.1 Å². The summed E-state index contributed by atoms with van der Waals surface area (Å²) in [6.45, 7) is 7.23. The first-order valence-electron chi connectivity index (χ1n) is 5.74. The van der Waals surface area contributed by atoms with Crippen LogP contribution in [0.15, 0.2) is 0 Å². The van der Waals surface area contributed by atoms with Crippen LogP contribution in [0.1, 0.15) is 27.2 Å². The number of nitrogens with one attached hydrogen (secondary N) is 1. The quantitative estimate of drug-likeness (QED) is 0.745. The molecule has 1 saturated heterocycles. The van der Waals surface area contributed by atoms with Crippen molar-refractivity contribution >= 4 is 11.8 Å². The van der Waals surface area contributed by atoms with E-state index in [9.17, 15) is 9.59 Å². The van der Waals surface area contributed by atoms with E-state index in [4.69, 9.17) is 4.74 Å². The van der Waals surface area contributed by atoms with Crippen LogP contribution in [0.3, 0.4) is 0 Å². The molecule has 16 heavy (non-hydrogen) atoms. The van der Waals surface area contributed by atoms with Gasteiger partial charge in [-0.15, -0.1) is 0 Å². The fraction of sp³-hybridized carbons (Fsp3) is 0.818. The number of ether oxygens (including phenoxy) is 1. The van der Waals surface area contributed by atoms with E-state index in [0.717, 1.165) is 0 Å². The normalized spacial score (nSPS) is 23.9. The molecule has 0 aromatic heterocycles. The molecule has 2 atom stereocenters. The van der Waals surface area contributed by atoms with Gasteiger partial charge < -0.3 is 15.0 Å². The predicted octanol–water partition coefficient (Wildman–Crippen LogP) is 0.148. The van der Waals surface area contributed by atoms with Gasteiger partial charge in [-0.05, 0) is 20.8 Å². The Morgan fingerprint density at radius 1 is 1.56 bits per heavy atom. The molecule has 1 fully saturated rings. The SMILES string of the molecule is CCOC(C)CN1CCC(=O)NC(C)C1=O. The van der Waals surface area contributed by atoms with Crippen LogP contribution < -0.4 is 5.32 Å². The second-order valence-electron chi connectivity index (χ2n) is 4.09. The van der Waals surface area contributed by atoms with Gasteiger partial charge in [-0.2, -0.15) is 0 Å². The lowest BCUT2D eigenvalue weighted by Gasteiger charge is -2.25. The lowest BCUT2D eigenvalue weighted by molar-refractivity contribution is -0.134. The molecule has 2 unspecified atom stereocenters. The average Bonchev–Trinajstić information content (AvgIpc) is 2.32. The molecule has 1 rings (SSSR count). The van der Waals surface area contributed by atoms with Gasteiger partial charge in [0.2, 0.25) is 11.8 Å². The lowest BCUT2D eigenvalue weighted by Crippen LogP contribution is -2.45. The van der Waals surface area contributed by atoms with Crippen molar-refractivity contribution < 1.29 is 14.3 Å². The molecule has 0 aliphatic carbocycles. The molecule has 1 heterocycles. The third-order valence-corrected chi connectivity index (χ3v) is 2.60. The number of amides is 2. The first-order chi connectivity index (χ1) is 7.54. The Balaban J connectivity index is 2.57. The molecular weight excluding hydrogens is 208 g/mol. The highest BCUT2D eigenvalue weighted by atomic mass is 16.5. The Hall–Kier alpha value is -1.10. The first-order valence-corrected chi connectivity index (χ1v) is 5.74.